The molecule has 80 valence electrons. The second-order valence-electron chi connectivity index (χ2n) is 3.80. The molecule has 2 rings (SSSR count). The maximum atomic E-state index is 11.9. The van der Waals surface area contributed by atoms with Gasteiger partial charge in [-0.25, -0.2) is 9.69 Å². The van der Waals surface area contributed by atoms with E-state index in [1.807, 2.05) is 25.3 Å². The highest BCUT2D eigenvalue weighted by molar-refractivity contribution is 7.14. The first-order chi connectivity index (χ1) is 7.11. The van der Waals surface area contributed by atoms with Crippen LogP contribution >= 0.6 is 11.3 Å². The van der Waals surface area contributed by atoms with Crippen molar-refractivity contribution in [3.63, 3.8) is 0 Å². The van der Waals surface area contributed by atoms with E-state index in [0.29, 0.717) is 5.00 Å². The molecule has 1 aromatic rings. The third kappa shape index (κ3) is 1.63. The van der Waals surface area contributed by atoms with Crippen LogP contribution < -0.4 is 10.2 Å². The van der Waals surface area contributed by atoms with Gasteiger partial charge in [-0.3, -0.25) is 4.79 Å². The van der Waals surface area contributed by atoms with Gasteiger partial charge in [0.05, 0.1) is 0 Å². The van der Waals surface area contributed by atoms with Gasteiger partial charge in [0.1, 0.15) is 11.0 Å². The van der Waals surface area contributed by atoms with Gasteiger partial charge in [0.25, 0.3) is 5.91 Å². The van der Waals surface area contributed by atoms with Crippen molar-refractivity contribution in [3.05, 3.63) is 17.5 Å². The normalized spacial score (nSPS) is 21.3. The molecular formula is C10H12N2O2S. The summed E-state index contributed by atoms with van der Waals surface area (Å²) >= 11 is 1.39. The smallest absolute Gasteiger partial charge is 0.325 e. The fraction of sp³-hybridized carbons (Fsp3) is 0.400. The fourth-order valence-corrected chi connectivity index (χ4v) is 2.29. The van der Waals surface area contributed by atoms with Crippen LogP contribution in [0.5, 0.6) is 0 Å². The van der Waals surface area contributed by atoms with Crippen molar-refractivity contribution in [2.75, 3.05) is 4.90 Å². The van der Waals surface area contributed by atoms with Crippen molar-refractivity contribution < 1.29 is 9.59 Å². The summed E-state index contributed by atoms with van der Waals surface area (Å²) in [7, 11) is 0. The van der Waals surface area contributed by atoms with Crippen LogP contribution in [0.25, 0.3) is 0 Å². The Bertz CT molecular complexity index is 386. The molecule has 1 saturated heterocycles. The molecule has 5 heteroatoms. The number of anilines is 1. The molecule has 0 aliphatic carbocycles. The Morgan fingerprint density at radius 2 is 2.20 bits per heavy atom. The van der Waals surface area contributed by atoms with Crippen molar-refractivity contribution in [1.82, 2.24) is 5.32 Å². The maximum absolute atomic E-state index is 11.9. The molecular weight excluding hydrogens is 212 g/mol. The zero-order valence-electron chi connectivity index (χ0n) is 8.56. The van der Waals surface area contributed by atoms with Gasteiger partial charge in [-0.2, -0.15) is 0 Å². The maximum Gasteiger partial charge on any atom is 0.330 e. The van der Waals surface area contributed by atoms with Crippen LogP contribution in [-0.4, -0.2) is 18.0 Å². The minimum absolute atomic E-state index is 0.117. The third-order valence-corrected chi connectivity index (χ3v) is 3.22. The molecule has 1 aliphatic rings. The molecule has 1 aliphatic heterocycles. The average molecular weight is 224 g/mol. The van der Waals surface area contributed by atoms with Crippen LogP contribution in [0.3, 0.4) is 0 Å². The van der Waals surface area contributed by atoms with E-state index in [0.717, 1.165) is 0 Å². The Labute approximate surface area is 91.9 Å². The molecule has 15 heavy (non-hydrogen) atoms. The fourth-order valence-electron chi connectivity index (χ4n) is 1.56. The van der Waals surface area contributed by atoms with Gasteiger partial charge in [-0.1, -0.05) is 13.8 Å². The summed E-state index contributed by atoms with van der Waals surface area (Å²) in [6, 6.07) is 2.88. The predicted octanol–water partition coefficient (Wildman–Crippen LogP) is 1.83. The zero-order valence-corrected chi connectivity index (χ0v) is 9.38. The van der Waals surface area contributed by atoms with Crippen molar-refractivity contribution in [2.24, 2.45) is 5.92 Å². The van der Waals surface area contributed by atoms with Crippen LogP contribution in [0.15, 0.2) is 17.5 Å². The van der Waals surface area contributed by atoms with E-state index in [4.69, 9.17) is 0 Å². The molecule has 1 atom stereocenters. The van der Waals surface area contributed by atoms with Crippen molar-refractivity contribution >= 4 is 28.3 Å². The first-order valence-electron chi connectivity index (χ1n) is 4.79. The number of nitrogens with zero attached hydrogens (tertiary/aromatic N) is 1. The molecule has 0 unspecified atom stereocenters. The van der Waals surface area contributed by atoms with Gasteiger partial charge in [-0.15, -0.1) is 11.3 Å². The molecule has 0 saturated carbocycles. The molecule has 1 aromatic heterocycles. The highest BCUT2D eigenvalue weighted by Gasteiger charge is 2.40. The number of hydrogen-bond acceptors (Lipinski definition) is 3. The molecule has 4 nitrogen and oxygen atoms in total. The number of imide groups is 1. The standard InChI is InChI=1S/C10H12N2O2S/c1-6(2)8-9(13)12(10(14)11-8)7-4-3-5-15-7/h3-6,8H,1-2H3,(H,11,14)/t8-/m0/s1. The first-order valence-corrected chi connectivity index (χ1v) is 5.67. The van der Waals surface area contributed by atoms with Gasteiger partial charge in [0.15, 0.2) is 0 Å². The highest BCUT2D eigenvalue weighted by atomic mass is 32.1. The van der Waals surface area contributed by atoms with Gasteiger partial charge in [0, 0.05) is 0 Å². The number of urea groups is 1. The summed E-state index contributed by atoms with van der Waals surface area (Å²) in [5.41, 5.74) is 0. The summed E-state index contributed by atoms with van der Waals surface area (Å²) in [6.45, 7) is 3.83. The van der Waals surface area contributed by atoms with Crippen LogP contribution in [-0.2, 0) is 4.79 Å². The van der Waals surface area contributed by atoms with E-state index in [9.17, 15) is 9.59 Å². The van der Waals surface area contributed by atoms with Gasteiger partial charge in [0.2, 0.25) is 0 Å². The minimum atomic E-state index is -0.389. The SMILES string of the molecule is CC(C)[C@@H]1NC(=O)N(c2cccs2)C1=O. The lowest BCUT2D eigenvalue weighted by Gasteiger charge is -2.12. The van der Waals surface area contributed by atoms with E-state index < -0.39 is 0 Å². The largest absolute Gasteiger partial charge is 0.330 e. The molecule has 3 amide bonds. The Morgan fingerprint density at radius 1 is 1.47 bits per heavy atom. The van der Waals surface area contributed by atoms with Crippen molar-refractivity contribution in [1.29, 1.82) is 0 Å². The molecule has 0 spiro atoms. The van der Waals surface area contributed by atoms with E-state index in [1.54, 1.807) is 6.07 Å². The van der Waals surface area contributed by atoms with Gasteiger partial charge < -0.3 is 5.32 Å². The lowest BCUT2D eigenvalue weighted by Crippen LogP contribution is -2.34. The third-order valence-electron chi connectivity index (χ3n) is 2.36. The topological polar surface area (TPSA) is 49.4 Å². The Morgan fingerprint density at radius 3 is 2.67 bits per heavy atom. The molecule has 0 aromatic carbocycles. The van der Waals surface area contributed by atoms with E-state index in [2.05, 4.69) is 5.32 Å². The van der Waals surface area contributed by atoms with E-state index in [-0.39, 0.29) is 23.9 Å². The Kier molecular flexibility index (Phi) is 2.48. The summed E-state index contributed by atoms with van der Waals surface area (Å²) in [5, 5.41) is 5.21. The van der Waals surface area contributed by atoms with E-state index >= 15 is 0 Å². The summed E-state index contributed by atoms with van der Waals surface area (Å²) in [4.78, 5) is 24.7. The van der Waals surface area contributed by atoms with Crippen molar-refractivity contribution in [2.45, 2.75) is 19.9 Å². The molecule has 1 N–H and O–H groups in total. The second kappa shape index (κ2) is 3.66. The zero-order chi connectivity index (χ0) is 11.0. The first kappa shape index (κ1) is 10.2. The number of carbonyl (C=O) groups excluding carboxylic acids is 2. The second-order valence-corrected chi connectivity index (χ2v) is 4.72. The highest BCUT2D eigenvalue weighted by Crippen LogP contribution is 2.26. The molecule has 2 heterocycles. The molecule has 1 fully saturated rings. The number of nitrogens with one attached hydrogen (secondary N) is 1. The van der Waals surface area contributed by atoms with Gasteiger partial charge in [-0.05, 0) is 23.4 Å². The van der Waals surface area contributed by atoms with Gasteiger partial charge >= 0.3 is 6.03 Å². The van der Waals surface area contributed by atoms with Crippen LogP contribution in [0.1, 0.15) is 13.8 Å². The van der Waals surface area contributed by atoms with Crippen molar-refractivity contribution in [3.8, 4) is 0 Å². The Balaban J connectivity index is 2.28. The monoisotopic (exact) mass is 224 g/mol. The van der Waals surface area contributed by atoms with E-state index in [1.165, 1.54) is 16.2 Å². The number of hydrogen-bond donors (Lipinski definition) is 1. The van der Waals surface area contributed by atoms with Crippen LogP contribution in [0.4, 0.5) is 9.80 Å². The summed E-state index contributed by atoms with van der Waals surface area (Å²) in [5.74, 6) is -0.0381. The predicted molar refractivity (Wildman–Crippen MR) is 59.0 cm³/mol. The number of amides is 3. The minimum Gasteiger partial charge on any atom is -0.325 e. The quantitative estimate of drug-likeness (QED) is 0.779. The average Bonchev–Trinajstić information content (AvgIpc) is 2.73. The number of carbonyl (C=O) groups is 2. The van der Waals surface area contributed by atoms with Crippen LogP contribution in [0, 0.1) is 5.92 Å². The lowest BCUT2D eigenvalue weighted by molar-refractivity contribution is -0.119. The molecule has 0 radical (unpaired) electrons. The number of thiophene rings is 1. The summed E-state index contributed by atoms with van der Waals surface area (Å²) < 4.78 is 0. The Hall–Kier alpha value is -1.36. The number of rotatable bonds is 2. The van der Waals surface area contributed by atoms with Crippen LogP contribution in [0.2, 0.25) is 0 Å². The lowest BCUT2D eigenvalue weighted by atomic mass is 10.1. The summed E-state index contributed by atoms with van der Waals surface area (Å²) in [6.07, 6.45) is 0. The molecule has 0 bridgehead atoms.